The number of H-pyrrole nitrogens is 1. The maximum absolute atomic E-state index is 14.1. The van der Waals surface area contributed by atoms with Crippen molar-refractivity contribution in [3.05, 3.63) is 141 Å². The van der Waals surface area contributed by atoms with Gasteiger partial charge in [-0.25, -0.2) is 18.1 Å². The Hall–Kier alpha value is -6.74. The number of nitrogens with zero attached hydrogens (tertiary/aromatic N) is 5. The number of alkyl halides is 3. The number of carbonyl (C=O) groups is 1. The second kappa shape index (κ2) is 21.8. The van der Waals surface area contributed by atoms with E-state index in [-0.39, 0.29) is 46.0 Å². The van der Waals surface area contributed by atoms with Crippen molar-refractivity contribution in [2.75, 3.05) is 56.6 Å². The van der Waals surface area contributed by atoms with Crippen molar-refractivity contribution in [3.8, 4) is 17.2 Å². The standard InChI is InChI=1S/C58H67F3N8O8S/c1-37(2)47-7-5-6-8-48(47)52-36-66(35-39-25-41(58(59,60)61)28-44(26-39)76-4)23-24-68(52)43-31-57(32-43)18-21-67(22-19-57)42-9-11-49(53(29-42)77-45-27-40-15-20-62-54(40)64-34-45)55(70)65-78(74,75)46-10-12-50(51(30-46)69(72)73)63-33-38-13-16-56(3,71)17-14-38/h5-12,15,20,25-30,34,37-38,43,52,63,71H,13-14,16-19,21-24,31-33,35-36H2,1-4H3,(H,62,64)(H,65,70)/t38-,52?,56-. The molecule has 1 amide bonds. The summed E-state index contributed by atoms with van der Waals surface area (Å²) in [5.74, 6) is 0.0586. The molecule has 78 heavy (non-hydrogen) atoms. The summed E-state index contributed by atoms with van der Waals surface area (Å²) >= 11 is 0. The number of nitrogens with one attached hydrogen (secondary N) is 3. The molecule has 6 aromatic rings. The Kier molecular flexibility index (Phi) is 15.3. The van der Waals surface area contributed by atoms with Gasteiger partial charge in [-0.2, -0.15) is 13.2 Å². The summed E-state index contributed by atoms with van der Waals surface area (Å²) in [6.45, 7) is 10.6. The fourth-order valence-corrected chi connectivity index (χ4v) is 13.2. The predicted molar refractivity (Wildman–Crippen MR) is 292 cm³/mol. The summed E-state index contributed by atoms with van der Waals surface area (Å²) in [6.07, 6.45) is 5.33. The van der Waals surface area contributed by atoms with Crippen molar-refractivity contribution in [3.63, 3.8) is 0 Å². The quantitative estimate of drug-likeness (QED) is 0.0528. The van der Waals surface area contributed by atoms with Gasteiger partial charge in [0.1, 0.15) is 28.6 Å². The highest BCUT2D eigenvalue weighted by Crippen LogP contribution is 2.53. The van der Waals surface area contributed by atoms with Crippen LogP contribution in [-0.4, -0.2) is 102 Å². The van der Waals surface area contributed by atoms with E-state index in [1.54, 1.807) is 37.4 Å². The highest BCUT2D eigenvalue weighted by atomic mass is 32.2. The summed E-state index contributed by atoms with van der Waals surface area (Å²) in [5.41, 5.74) is 2.76. The minimum atomic E-state index is -4.63. The van der Waals surface area contributed by atoms with E-state index in [1.165, 1.54) is 48.7 Å². The Morgan fingerprint density at radius 2 is 1.71 bits per heavy atom. The van der Waals surface area contributed by atoms with Crippen molar-refractivity contribution < 1.29 is 45.9 Å². The molecule has 16 nitrogen and oxygen atoms in total. The predicted octanol–water partition coefficient (Wildman–Crippen LogP) is 11.2. The number of hydrogen-bond acceptors (Lipinski definition) is 13. The highest BCUT2D eigenvalue weighted by molar-refractivity contribution is 7.90. The molecule has 4 fully saturated rings. The van der Waals surface area contributed by atoms with Crippen molar-refractivity contribution in [1.29, 1.82) is 0 Å². The molecule has 2 aliphatic heterocycles. The molecule has 20 heteroatoms. The van der Waals surface area contributed by atoms with Crippen LogP contribution in [0.3, 0.4) is 0 Å². The van der Waals surface area contributed by atoms with Crippen LogP contribution < -0.4 is 24.4 Å². The van der Waals surface area contributed by atoms with E-state index in [4.69, 9.17) is 9.47 Å². The van der Waals surface area contributed by atoms with Crippen molar-refractivity contribution in [2.24, 2.45) is 11.3 Å². The van der Waals surface area contributed by atoms with Gasteiger partial charge in [-0.05, 0) is 147 Å². The van der Waals surface area contributed by atoms with E-state index in [2.05, 4.69) is 72.8 Å². The number of benzene rings is 4. The van der Waals surface area contributed by atoms with E-state index in [1.807, 2.05) is 6.07 Å². The van der Waals surface area contributed by atoms with Crippen LogP contribution in [0.15, 0.2) is 108 Å². The molecular formula is C58H67F3N8O8S. The van der Waals surface area contributed by atoms with Crippen molar-refractivity contribution in [2.45, 2.75) is 113 Å². The number of ether oxygens (including phenoxy) is 2. The molecule has 1 spiro atoms. The maximum atomic E-state index is 14.1. The molecule has 1 atom stereocenters. The average Bonchev–Trinajstić information content (AvgIpc) is 3.95. The van der Waals surface area contributed by atoms with Gasteiger partial charge in [0.25, 0.3) is 21.6 Å². The first-order valence-electron chi connectivity index (χ1n) is 26.8. The molecule has 4 heterocycles. The van der Waals surface area contributed by atoms with Crippen molar-refractivity contribution >= 4 is 44.0 Å². The molecule has 2 aliphatic carbocycles. The Labute approximate surface area is 452 Å². The van der Waals surface area contributed by atoms with Gasteiger partial charge in [0, 0.05) is 87.3 Å². The third-order valence-electron chi connectivity index (χ3n) is 16.7. The van der Waals surface area contributed by atoms with Gasteiger partial charge in [0.05, 0.1) is 39.9 Å². The number of carbonyl (C=O) groups excluding carboxylic acids is 1. The number of methoxy groups -OCH3 is 1. The smallest absolute Gasteiger partial charge is 0.416 e. The van der Waals surface area contributed by atoms with Crippen LogP contribution in [0, 0.1) is 21.4 Å². The molecule has 4 aromatic carbocycles. The number of hydrogen-bond donors (Lipinski definition) is 4. The molecule has 4 N–H and O–H groups in total. The van der Waals surface area contributed by atoms with Crippen LogP contribution in [-0.2, 0) is 22.7 Å². The summed E-state index contributed by atoms with van der Waals surface area (Å²) in [4.78, 5) is 39.9. The second-order valence-corrected chi connectivity index (χ2v) is 24.1. The SMILES string of the molecule is COc1cc(CN2CCN(C3CC4(CCN(c5ccc(C(=O)NS(=O)(=O)c6ccc(NC[C@H]7CC[C@](C)(O)CC7)c([N+](=O)[O-])c6)c(Oc6cnc7[nH]ccc7c6)c5)CC4)C3)C(c3ccccc3C(C)C)C2)cc(C(F)(F)F)c1. The molecule has 10 rings (SSSR count). The van der Waals surface area contributed by atoms with Gasteiger partial charge in [0.15, 0.2) is 0 Å². The number of nitro groups is 1. The zero-order valence-corrected chi connectivity index (χ0v) is 45.1. The lowest BCUT2D eigenvalue weighted by atomic mass is 9.59. The van der Waals surface area contributed by atoms with E-state index in [0.29, 0.717) is 62.0 Å². The molecule has 2 aromatic heterocycles. The minimum absolute atomic E-state index is 0.0451. The van der Waals surface area contributed by atoms with Gasteiger partial charge in [-0.15, -0.1) is 0 Å². The third kappa shape index (κ3) is 12.0. The number of aromatic amines is 1. The van der Waals surface area contributed by atoms with Gasteiger partial charge < -0.3 is 29.8 Å². The number of nitro benzene ring substituents is 1. The fraction of sp³-hybridized carbons (Fsp3) is 0.448. The van der Waals surface area contributed by atoms with Crippen molar-refractivity contribution in [1.82, 2.24) is 24.5 Å². The number of sulfonamides is 1. The van der Waals surface area contributed by atoms with Gasteiger partial charge >= 0.3 is 6.18 Å². The maximum Gasteiger partial charge on any atom is 0.416 e. The normalized spacial score (nSPS) is 21.4. The van der Waals surface area contributed by atoms with Crippen LogP contribution in [0.1, 0.15) is 117 Å². The van der Waals surface area contributed by atoms with Gasteiger partial charge in [-0.3, -0.25) is 24.7 Å². The Balaban J connectivity index is 0.834. The summed E-state index contributed by atoms with van der Waals surface area (Å²) in [7, 11) is -3.24. The molecule has 4 aliphatic rings. The lowest BCUT2D eigenvalue weighted by Gasteiger charge is -2.58. The number of aliphatic hydroxyl groups is 1. The molecule has 2 saturated carbocycles. The van der Waals surface area contributed by atoms with Crippen LogP contribution in [0.5, 0.6) is 17.2 Å². The summed E-state index contributed by atoms with van der Waals surface area (Å²) < 4.78 is 83.3. The number of piperazine rings is 1. The lowest BCUT2D eigenvalue weighted by Crippen LogP contribution is -2.60. The number of rotatable bonds is 16. The number of fused-ring (bicyclic) bond motifs is 1. The van der Waals surface area contributed by atoms with Gasteiger partial charge in [0.2, 0.25) is 0 Å². The zero-order chi connectivity index (χ0) is 55.1. The van der Waals surface area contributed by atoms with Crippen LogP contribution in [0.25, 0.3) is 11.0 Å². The second-order valence-electron chi connectivity index (χ2n) is 22.4. The number of amides is 1. The van der Waals surface area contributed by atoms with Crippen LogP contribution >= 0.6 is 0 Å². The Bertz CT molecular complexity index is 3290. The van der Waals surface area contributed by atoms with Crippen LogP contribution in [0.2, 0.25) is 0 Å². The molecule has 2 saturated heterocycles. The molecule has 1 unspecified atom stereocenters. The molecular weight excluding hydrogens is 1030 g/mol. The van der Waals surface area contributed by atoms with Gasteiger partial charge in [-0.1, -0.05) is 38.1 Å². The monoisotopic (exact) mass is 1090 g/mol. The largest absolute Gasteiger partial charge is 0.497 e. The average molecular weight is 1090 g/mol. The summed E-state index contributed by atoms with van der Waals surface area (Å²) in [6, 6.07) is 25.0. The minimum Gasteiger partial charge on any atom is -0.497 e. The number of aromatic nitrogens is 2. The first-order chi connectivity index (χ1) is 37.1. The number of piperidine rings is 1. The molecule has 414 valence electrons. The number of anilines is 2. The van der Waals surface area contributed by atoms with E-state index in [9.17, 15) is 41.6 Å². The fourth-order valence-electron chi connectivity index (χ4n) is 12.2. The van der Waals surface area contributed by atoms with E-state index < -0.39 is 48.8 Å². The molecule has 0 bridgehead atoms. The number of halogens is 3. The topological polar surface area (TPSA) is 195 Å². The van der Waals surface area contributed by atoms with E-state index >= 15 is 0 Å². The summed E-state index contributed by atoms with van der Waals surface area (Å²) in [5, 5.41) is 26.5. The highest BCUT2D eigenvalue weighted by Gasteiger charge is 2.50. The molecule has 0 radical (unpaired) electrons. The first kappa shape index (κ1) is 54.6. The lowest BCUT2D eigenvalue weighted by molar-refractivity contribution is -0.384. The first-order valence-corrected chi connectivity index (χ1v) is 28.3. The third-order valence-corrected chi connectivity index (χ3v) is 18.0. The Morgan fingerprint density at radius 1 is 0.949 bits per heavy atom. The Morgan fingerprint density at radius 3 is 2.42 bits per heavy atom. The van der Waals surface area contributed by atoms with E-state index in [0.717, 1.165) is 81.4 Å². The van der Waals surface area contributed by atoms with Crippen LogP contribution in [0.4, 0.5) is 30.2 Å². The zero-order valence-electron chi connectivity index (χ0n) is 44.3. The number of pyridine rings is 1.